The normalized spacial score (nSPS) is 14.3. The first-order valence-corrected chi connectivity index (χ1v) is 7.51. The Labute approximate surface area is 125 Å². The fourth-order valence-electron chi connectivity index (χ4n) is 1.60. The smallest absolute Gasteiger partial charge is 0.318 e. The number of hydrogen-bond donors (Lipinski definition) is 5. The second-order valence-corrected chi connectivity index (χ2v) is 6.16. The quantitative estimate of drug-likeness (QED) is 0.401. The van der Waals surface area contributed by atoms with E-state index in [2.05, 4.69) is 0 Å². The standard InChI is InChI=1S/C12H15NO8S/c14-9(5-10(15)16)12(19)7-1-3-8(4-2-7)22(20,21)13-6-11(17)18/h1-4,9,12-14,19H,5-6H2,(H,15,16)(H,17,18). The number of rotatable bonds is 8. The molecule has 0 radical (unpaired) electrons. The topological polar surface area (TPSA) is 161 Å². The number of carboxylic acid groups (broad SMARTS) is 2. The van der Waals surface area contributed by atoms with Gasteiger partial charge in [-0.1, -0.05) is 12.1 Å². The first-order chi connectivity index (χ1) is 10.1. The van der Waals surface area contributed by atoms with E-state index in [1.165, 1.54) is 12.1 Å². The van der Waals surface area contributed by atoms with E-state index in [1.807, 2.05) is 4.72 Å². The highest BCUT2D eigenvalue weighted by Gasteiger charge is 2.22. The van der Waals surface area contributed by atoms with Crippen molar-refractivity contribution in [2.75, 3.05) is 6.54 Å². The highest BCUT2D eigenvalue weighted by Crippen LogP contribution is 2.20. The first kappa shape index (κ1) is 18.0. The van der Waals surface area contributed by atoms with Gasteiger partial charge in [0, 0.05) is 0 Å². The van der Waals surface area contributed by atoms with Crippen molar-refractivity contribution in [1.29, 1.82) is 0 Å². The minimum absolute atomic E-state index is 0.130. The third-order valence-electron chi connectivity index (χ3n) is 2.69. The predicted molar refractivity (Wildman–Crippen MR) is 72.5 cm³/mol. The van der Waals surface area contributed by atoms with Gasteiger partial charge in [0.2, 0.25) is 10.0 Å². The van der Waals surface area contributed by atoms with E-state index < -0.39 is 47.1 Å². The largest absolute Gasteiger partial charge is 0.481 e. The Kier molecular flexibility index (Phi) is 6.00. The molecule has 0 saturated heterocycles. The monoisotopic (exact) mass is 333 g/mol. The Morgan fingerprint density at radius 3 is 2.05 bits per heavy atom. The van der Waals surface area contributed by atoms with Gasteiger partial charge < -0.3 is 20.4 Å². The number of nitrogens with one attached hydrogen (secondary N) is 1. The summed E-state index contributed by atoms with van der Waals surface area (Å²) in [4.78, 5) is 20.6. The van der Waals surface area contributed by atoms with E-state index in [-0.39, 0.29) is 10.5 Å². The summed E-state index contributed by atoms with van der Waals surface area (Å²) in [6.45, 7) is -0.774. The SMILES string of the molecule is O=C(O)CNS(=O)(=O)c1ccc(C(O)C(O)CC(=O)O)cc1. The first-order valence-electron chi connectivity index (χ1n) is 6.03. The minimum atomic E-state index is -4.01. The molecular weight excluding hydrogens is 318 g/mol. The summed E-state index contributed by atoms with van der Waals surface area (Å²) in [5.41, 5.74) is 0.130. The van der Waals surface area contributed by atoms with Crippen LogP contribution >= 0.6 is 0 Å². The van der Waals surface area contributed by atoms with Crippen molar-refractivity contribution in [2.45, 2.75) is 23.5 Å². The zero-order valence-electron chi connectivity index (χ0n) is 11.2. The van der Waals surface area contributed by atoms with Gasteiger partial charge in [-0.25, -0.2) is 8.42 Å². The van der Waals surface area contributed by atoms with E-state index >= 15 is 0 Å². The van der Waals surface area contributed by atoms with Crippen LogP contribution in [0.2, 0.25) is 0 Å². The Morgan fingerprint density at radius 2 is 1.59 bits per heavy atom. The molecule has 0 heterocycles. The predicted octanol–water partition coefficient (Wildman–Crippen LogP) is -1.08. The molecule has 2 unspecified atom stereocenters. The number of benzene rings is 1. The Hall–Kier alpha value is -2.01. The van der Waals surface area contributed by atoms with E-state index in [0.717, 1.165) is 12.1 Å². The minimum Gasteiger partial charge on any atom is -0.481 e. The molecular formula is C12H15NO8S. The number of carbonyl (C=O) groups is 2. The second-order valence-electron chi connectivity index (χ2n) is 4.40. The fraction of sp³-hybridized carbons (Fsp3) is 0.333. The third-order valence-corrected chi connectivity index (χ3v) is 4.11. The van der Waals surface area contributed by atoms with Crippen LogP contribution in [0.3, 0.4) is 0 Å². The summed E-state index contributed by atoms with van der Waals surface area (Å²) >= 11 is 0. The molecule has 122 valence electrons. The van der Waals surface area contributed by atoms with Crippen LogP contribution in [0.15, 0.2) is 29.2 Å². The molecule has 2 atom stereocenters. The molecule has 1 aromatic carbocycles. The van der Waals surface area contributed by atoms with E-state index in [4.69, 9.17) is 10.2 Å². The van der Waals surface area contributed by atoms with Gasteiger partial charge in [0.1, 0.15) is 12.6 Å². The fourth-order valence-corrected chi connectivity index (χ4v) is 2.57. The van der Waals surface area contributed by atoms with Crippen molar-refractivity contribution in [2.24, 2.45) is 0 Å². The van der Waals surface area contributed by atoms with Crippen LogP contribution in [0, 0.1) is 0 Å². The lowest BCUT2D eigenvalue weighted by atomic mass is 10.0. The maximum absolute atomic E-state index is 11.7. The Balaban J connectivity index is 2.86. The van der Waals surface area contributed by atoms with Crippen molar-refractivity contribution in [3.8, 4) is 0 Å². The molecule has 1 aromatic rings. The maximum atomic E-state index is 11.7. The average Bonchev–Trinajstić information content (AvgIpc) is 2.44. The molecule has 0 spiro atoms. The van der Waals surface area contributed by atoms with Crippen LogP contribution in [0.4, 0.5) is 0 Å². The van der Waals surface area contributed by atoms with Gasteiger partial charge in [-0.05, 0) is 17.7 Å². The lowest BCUT2D eigenvalue weighted by Crippen LogP contribution is -2.29. The molecule has 10 heteroatoms. The molecule has 0 aliphatic rings. The summed E-state index contributed by atoms with van der Waals surface area (Å²) in [6.07, 6.45) is -3.69. The molecule has 0 amide bonds. The van der Waals surface area contributed by atoms with Gasteiger partial charge in [-0.3, -0.25) is 9.59 Å². The molecule has 9 nitrogen and oxygen atoms in total. The zero-order valence-corrected chi connectivity index (χ0v) is 12.0. The van der Waals surface area contributed by atoms with Crippen molar-refractivity contribution in [3.63, 3.8) is 0 Å². The van der Waals surface area contributed by atoms with Crippen molar-refractivity contribution >= 4 is 22.0 Å². The maximum Gasteiger partial charge on any atom is 0.318 e. The number of aliphatic hydroxyl groups is 2. The summed E-state index contributed by atoms with van der Waals surface area (Å²) in [7, 11) is -4.01. The van der Waals surface area contributed by atoms with E-state index in [1.54, 1.807) is 0 Å². The molecule has 0 fully saturated rings. The number of sulfonamides is 1. The molecule has 0 aromatic heterocycles. The lowest BCUT2D eigenvalue weighted by Gasteiger charge is -2.16. The molecule has 5 N–H and O–H groups in total. The average molecular weight is 333 g/mol. The lowest BCUT2D eigenvalue weighted by molar-refractivity contribution is -0.141. The van der Waals surface area contributed by atoms with Crippen LogP contribution in [0.25, 0.3) is 0 Å². The van der Waals surface area contributed by atoms with Gasteiger partial charge in [-0.15, -0.1) is 0 Å². The van der Waals surface area contributed by atoms with Crippen LogP contribution in [-0.4, -0.2) is 53.4 Å². The summed E-state index contributed by atoms with van der Waals surface area (Å²) in [5.74, 6) is -2.63. The zero-order chi connectivity index (χ0) is 16.9. The molecule has 22 heavy (non-hydrogen) atoms. The van der Waals surface area contributed by atoms with Crippen LogP contribution < -0.4 is 4.72 Å². The van der Waals surface area contributed by atoms with Crippen LogP contribution in [0.5, 0.6) is 0 Å². The molecule has 0 aliphatic heterocycles. The summed E-state index contributed by atoms with van der Waals surface area (Å²) in [6, 6.07) is 4.61. The Bertz CT molecular complexity index is 640. The van der Waals surface area contributed by atoms with Crippen molar-refractivity contribution in [3.05, 3.63) is 29.8 Å². The molecule has 0 saturated carbocycles. The van der Waals surface area contributed by atoms with Crippen LogP contribution in [0.1, 0.15) is 18.1 Å². The highest BCUT2D eigenvalue weighted by atomic mass is 32.2. The third kappa shape index (κ3) is 5.07. The molecule has 1 rings (SSSR count). The number of aliphatic hydroxyl groups excluding tert-OH is 2. The van der Waals surface area contributed by atoms with E-state index in [0.29, 0.717) is 0 Å². The second kappa shape index (κ2) is 7.31. The van der Waals surface area contributed by atoms with E-state index in [9.17, 15) is 28.2 Å². The van der Waals surface area contributed by atoms with Gasteiger partial charge in [0.15, 0.2) is 0 Å². The van der Waals surface area contributed by atoms with Crippen molar-refractivity contribution in [1.82, 2.24) is 4.72 Å². The number of hydrogen-bond acceptors (Lipinski definition) is 6. The molecule has 0 aliphatic carbocycles. The highest BCUT2D eigenvalue weighted by molar-refractivity contribution is 7.89. The van der Waals surface area contributed by atoms with Gasteiger partial charge in [0.05, 0.1) is 17.4 Å². The molecule has 0 bridgehead atoms. The summed E-state index contributed by atoms with van der Waals surface area (Å²) in [5, 5.41) is 36.2. The Morgan fingerprint density at radius 1 is 1.05 bits per heavy atom. The number of aliphatic carboxylic acids is 2. The summed E-state index contributed by atoms with van der Waals surface area (Å²) < 4.78 is 25.3. The van der Waals surface area contributed by atoms with Gasteiger partial charge in [-0.2, -0.15) is 4.72 Å². The van der Waals surface area contributed by atoms with Crippen LogP contribution in [-0.2, 0) is 19.6 Å². The van der Waals surface area contributed by atoms with Crippen molar-refractivity contribution < 1.29 is 38.4 Å². The number of carboxylic acids is 2. The van der Waals surface area contributed by atoms with Gasteiger partial charge in [0.25, 0.3) is 0 Å². The van der Waals surface area contributed by atoms with Gasteiger partial charge >= 0.3 is 11.9 Å².